The van der Waals surface area contributed by atoms with Gasteiger partial charge in [-0.25, -0.2) is 4.99 Å². The van der Waals surface area contributed by atoms with E-state index in [9.17, 15) is 14.7 Å². The molecule has 1 amide bonds. The van der Waals surface area contributed by atoms with Crippen molar-refractivity contribution in [3.8, 4) is 5.88 Å². The second-order valence-corrected chi connectivity index (χ2v) is 7.51. The SMILES string of the molecule is CN1CCN(C(=O)c2ccc3[nH]c(O)c(C4=Nc5ccccc5C4=O)c3c2)CC1. The number of carbonyl (C=O) groups is 2. The summed E-state index contributed by atoms with van der Waals surface area (Å²) in [5.74, 6) is -0.397. The lowest BCUT2D eigenvalue weighted by Crippen LogP contribution is -2.47. The second kappa shape index (κ2) is 6.56. The number of aromatic nitrogens is 1. The van der Waals surface area contributed by atoms with Crippen molar-refractivity contribution in [2.24, 2.45) is 4.99 Å². The van der Waals surface area contributed by atoms with Crippen molar-refractivity contribution in [1.29, 1.82) is 0 Å². The Balaban J connectivity index is 1.56. The molecule has 0 spiro atoms. The molecule has 1 aromatic heterocycles. The molecule has 5 rings (SSSR count). The number of nitrogens with one attached hydrogen (secondary N) is 1. The van der Waals surface area contributed by atoms with E-state index in [4.69, 9.17) is 0 Å². The maximum atomic E-state index is 13.0. The fourth-order valence-electron chi connectivity index (χ4n) is 3.97. The summed E-state index contributed by atoms with van der Waals surface area (Å²) < 4.78 is 0. The second-order valence-electron chi connectivity index (χ2n) is 7.51. The molecule has 2 N–H and O–H groups in total. The van der Waals surface area contributed by atoms with Gasteiger partial charge in [-0.2, -0.15) is 0 Å². The first-order valence-electron chi connectivity index (χ1n) is 9.58. The third-order valence-electron chi connectivity index (χ3n) is 5.65. The van der Waals surface area contributed by atoms with Crippen molar-refractivity contribution in [2.75, 3.05) is 33.2 Å². The molecular formula is C22H20N4O3. The molecule has 0 saturated carbocycles. The molecule has 1 saturated heterocycles. The van der Waals surface area contributed by atoms with E-state index in [1.54, 1.807) is 36.4 Å². The van der Waals surface area contributed by atoms with Gasteiger partial charge in [0, 0.05) is 48.2 Å². The number of hydrogen-bond acceptors (Lipinski definition) is 5. The zero-order valence-corrected chi connectivity index (χ0v) is 16.0. The summed E-state index contributed by atoms with van der Waals surface area (Å²) in [6.45, 7) is 3.04. The molecule has 0 unspecified atom stereocenters. The number of para-hydroxylation sites is 1. The molecule has 0 aliphatic carbocycles. The number of rotatable bonds is 2. The van der Waals surface area contributed by atoms with Crippen LogP contribution in [0.15, 0.2) is 47.5 Å². The van der Waals surface area contributed by atoms with Crippen LogP contribution in [-0.2, 0) is 0 Å². The van der Waals surface area contributed by atoms with E-state index in [1.165, 1.54) is 0 Å². The van der Waals surface area contributed by atoms with Crippen molar-refractivity contribution < 1.29 is 14.7 Å². The standard InChI is InChI=1S/C22H20N4O3/c1-25-8-10-26(11-9-25)22(29)13-6-7-17-15(12-13)18(21(28)24-17)19-20(27)14-4-2-3-5-16(14)23-19/h2-7,12,24,28H,8-11H2,1H3. The van der Waals surface area contributed by atoms with Gasteiger partial charge < -0.3 is 19.9 Å². The van der Waals surface area contributed by atoms with Gasteiger partial charge in [0.2, 0.25) is 5.78 Å². The number of hydrogen-bond donors (Lipinski definition) is 2. The third-order valence-corrected chi connectivity index (χ3v) is 5.65. The van der Waals surface area contributed by atoms with E-state index >= 15 is 0 Å². The lowest BCUT2D eigenvalue weighted by molar-refractivity contribution is 0.0664. The molecule has 1 fully saturated rings. The number of fused-ring (bicyclic) bond motifs is 2. The monoisotopic (exact) mass is 388 g/mol. The molecule has 29 heavy (non-hydrogen) atoms. The molecule has 3 heterocycles. The molecule has 0 atom stereocenters. The van der Waals surface area contributed by atoms with Gasteiger partial charge in [0.05, 0.1) is 11.3 Å². The maximum absolute atomic E-state index is 13.0. The Morgan fingerprint density at radius 3 is 2.62 bits per heavy atom. The Morgan fingerprint density at radius 1 is 1.10 bits per heavy atom. The van der Waals surface area contributed by atoms with Gasteiger partial charge in [0.15, 0.2) is 5.88 Å². The van der Waals surface area contributed by atoms with Gasteiger partial charge >= 0.3 is 0 Å². The molecule has 2 aliphatic heterocycles. The third kappa shape index (κ3) is 2.82. The van der Waals surface area contributed by atoms with Crippen molar-refractivity contribution in [3.63, 3.8) is 0 Å². The number of benzene rings is 2. The number of aliphatic imine (C=N–C) groups is 1. The summed E-state index contributed by atoms with van der Waals surface area (Å²) in [5, 5.41) is 11.1. The number of aromatic hydroxyl groups is 1. The van der Waals surface area contributed by atoms with Gasteiger partial charge in [-0.3, -0.25) is 9.59 Å². The Hall–Kier alpha value is -3.45. The number of Topliss-reactive ketones (excluding diaryl/α,β-unsaturated/α-hetero) is 1. The van der Waals surface area contributed by atoms with Crippen LogP contribution in [0, 0.1) is 0 Å². The Kier molecular flexibility index (Phi) is 3.99. The molecule has 7 nitrogen and oxygen atoms in total. The number of carbonyl (C=O) groups excluding carboxylic acids is 2. The van der Waals surface area contributed by atoms with Crippen LogP contribution in [0.25, 0.3) is 10.9 Å². The quantitative estimate of drug-likeness (QED) is 0.706. The predicted molar refractivity (Wildman–Crippen MR) is 110 cm³/mol. The first-order valence-corrected chi connectivity index (χ1v) is 9.58. The number of amides is 1. The number of aromatic amines is 1. The highest BCUT2D eigenvalue weighted by Crippen LogP contribution is 2.35. The molecule has 3 aromatic rings. The first kappa shape index (κ1) is 17.6. The van der Waals surface area contributed by atoms with E-state index in [0.29, 0.717) is 46.4 Å². The zero-order valence-electron chi connectivity index (χ0n) is 16.0. The van der Waals surface area contributed by atoms with Gasteiger partial charge in [-0.05, 0) is 37.4 Å². The maximum Gasteiger partial charge on any atom is 0.253 e. The molecular weight excluding hydrogens is 368 g/mol. The Labute approximate surface area is 167 Å². The lowest BCUT2D eigenvalue weighted by Gasteiger charge is -2.32. The molecule has 2 aliphatic rings. The lowest BCUT2D eigenvalue weighted by atomic mass is 10.0. The van der Waals surface area contributed by atoms with Crippen LogP contribution in [0.4, 0.5) is 5.69 Å². The van der Waals surface area contributed by atoms with Gasteiger partial charge in [-0.15, -0.1) is 0 Å². The fourth-order valence-corrected chi connectivity index (χ4v) is 3.97. The summed E-state index contributed by atoms with van der Waals surface area (Å²) in [7, 11) is 2.04. The van der Waals surface area contributed by atoms with Crippen LogP contribution < -0.4 is 0 Å². The molecule has 2 aromatic carbocycles. The van der Waals surface area contributed by atoms with Crippen LogP contribution >= 0.6 is 0 Å². The topological polar surface area (TPSA) is 89.0 Å². The van der Waals surface area contributed by atoms with E-state index in [0.717, 1.165) is 13.1 Å². The summed E-state index contributed by atoms with van der Waals surface area (Å²) in [4.78, 5) is 37.2. The highest BCUT2D eigenvalue weighted by atomic mass is 16.3. The van der Waals surface area contributed by atoms with Gasteiger partial charge in [0.25, 0.3) is 5.91 Å². The fraction of sp³-hybridized carbons (Fsp3) is 0.227. The molecule has 0 bridgehead atoms. The summed E-state index contributed by atoms with van der Waals surface area (Å²) in [5.41, 5.74) is 2.82. The van der Waals surface area contributed by atoms with Crippen molar-refractivity contribution in [2.45, 2.75) is 0 Å². The minimum Gasteiger partial charge on any atom is -0.494 e. The van der Waals surface area contributed by atoms with Crippen LogP contribution in [0.2, 0.25) is 0 Å². The molecule has 7 heteroatoms. The average Bonchev–Trinajstić information content (AvgIpc) is 3.23. The smallest absolute Gasteiger partial charge is 0.253 e. The molecule has 0 radical (unpaired) electrons. The normalized spacial score (nSPS) is 16.9. The average molecular weight is 388 g/mol. The van der Waals surface area contributed by atoms with E-state index < -0.39 is 0 Å². The summed E-state index contributed by atoms with van der Waals surface area (Å²) >= 11 is 0. The van der Waals surface area contributed by atoms with E-state index in [2.05, 4.69) is 14.9 Å². The predicted octanol–water partition coefficient (Wildman–Crippen LogP) is 2.58. The number of H-pyrrole nitrogens is 1. The number of likely N-dealkylation sites (N-methyl/N-ethyl adjacent to an activating group) is 1. The number of ketones is 1. The zero-order chi connectivity index (χ0) is 20.1. The first-order chi connectivity index (χ1) is 14.0. The summed E-state index contributed by atoms with van der Waals surface area (Å²) in [6, 6.07) is 12.3. The Morgan fingerprint density at radius 2 is 1.86 bits per heavy atom. The minimum atomic E-state index is -0.229. The number of nitrogens with zero attached hydrogens (tertiary/aromatic N) is 3. The van der Waals surface area contributed by atoms with Crippen LogP contribution in [0.1, 0.15) is 26.3 Å². The minimum absolute atomic E-state index is 0.0467. The summed E-state index contributed by atoms with van der Waals surface area (Å²) in [6.07, 6.45) is 0. The van der Waals surface area contributed by atoms with E-state index in [-0.39, 0.29) is 23.3 Å². The van der Waals surface area contributed by atoms with Crippen LogP contribution in [0.3, 0.4) is 0 Å². The van der Waals surface area contributed by atoms with E-state index in [1.807, 2.05) is 18.0 Å². The largest absolute Gasteiger partial charge is 0.494 e. The molecule has 146 valence electrons. The van der Waals surface area contributed by atoms with Crippen molar-refractivity contribution in [1.82, 2.24) is 14.8 Å². The highest BCUT2D eigenvalue weighted by Gasteiger charge is 2.30. The number of piperazine rings is 1. The van der Waals surface area contributed by atoms with Crippen LogP contribution in [0.5, 0.6) is 5.88 Å². The van der Waals surface area contributed by atoms with Crippen molar-refractivity contribution >= 4 is 34.0 Å². The Bertz CT molecular complexity index is 1190. The highest BCUT2D eigenvalue weighted by molar-refractivity contribution is 6.56. The van der Waals surface area contributed by atoms with Gasteiger partial charge in [-0.1, -0.05) is 12.1 Å². The van der Waals surface area contributed by atoms with Gasteiger partial charge in [0.1, 0.15) is 5.71 Å². The van der Waals surface area contributed by atoms with Crippen LogP contribution in [-0.4, -0.2) is 70.5 Å². The van der Waals surface area contributed by atoms with Crippen molar-refractivity contribution in [3.05, 3.63) is 59.2 Å².